The van der Waals surface area contributed by atoms with Crippen LogP contribution in [0.5, 0.6) is 0 Å². The molecule has 1 saturated carbocycles. The highest BCUT2D eigenvalue weighted by Gasteiger charge is 2.51. The Morgan fingerprint density at radius 2 is 1.65 bits per heavy atom. The summed E-state index contributed by atoms with van der Waals surface area (Å²) < 4.78 is 13.4. The van der Waals surface area contributed by atoms with Gasteiger partial charge < -0.3 is 10.2 Å². The van der Waals surface area contributed by atoms with Crippen LogP contribution in [-0.4, -0.2) is 42.1 Å². The summed E-state index contributed by atoms with van der Waals surface area (Å²) in [6.45, 7) is 4.50. The molecule has 0 bridgehead atoms. The number of hydrogen-bond acceptors (Lipinski definition) is 3. The zero-order valence-electron chi connectivity index (χ0n) is 18.3. The maximum Gasteiger partial charge on any atom is 0.247 e. The first-order valence-corrected chi connectivity index (χ1v) is 11.7. The normalized spacial score (nSPS) is 26.3. The number of hydrogen-bond donors (Lipinski definition) is 1. The van der Waals surface area contributed by atoms with Crippen molar-refractivity contribution in [2.75, 3.05) is 24.7 Å². The molecule has 2 unspecified atom stereocenters. The van der Waals surface area contributed by atoms with Crippen LogP contribution in [0, 0.1) is 12.7 Å². The van der Waals surface area contributed by atoms with E-state index in [2.05, 4.69) is 46.3 Å². The number of nitrogens with one attached hydrogen (secondary N) is 1. The maximum atomic E-state index is 13.4. The van der Waals surface area contributed by atoms with Gasteiger partial charge in [-0.1, -0.05) is 42.7 Å². The van der Waals surface area contributed by atoms with Crippen LogP contribution >= 0.6 is 0 Å². The van der Waals surface area contributed by atoms with Gasteiger partial charge in [0, 0.05) is 24.8 Å². The van der Waals surface area contributed by atoms with E-state index in [1.54, 1.807) is 12.1 Å². The summed E-state index contributed by atoms with van der Waals surface area (Å²) in [7, 11) is 0. The van der Waals surface area contributed by atoms with Crippen molar-refractivity contribution in [3.8, 4) is 0 Å². The number of halogens is 1. The van der Waals surface area contributed by atoms with Crippen molar-refractivity contribution in [1.29, 1.82) is 0 Å². The molecular formula is C26H32FN3O. The van der Waals surface area contributed by atoms with Gasteiger partial charge >= 0.3 is 0 Å². The van der Waals surface area contributed by atoms with Crippen molar-refractivity contribution >= 4 is 11.6 Å². The van der Waals surface area contributed by atoms with Gasteiger partial charge in [-0.15, -0.1) is 0 Å². The third-order valence-electron chi connectivity index (χ3n) is 7.80. The number of piperidine rings is 1. The molecule has 2 heterocycles. The van der Waals surface area contributed by atoms with E-state index in [0.717, 1.165) is 31.6 Å². The minimum Gasteiger partial charge on any atom is -0.339 e. The Labute approximate surface area is 184 Å². The van der Waals surface area contributed by atoms with Gasteiger partial charge in [-0.25, -0.2) is 4.39 Å². The second-order valence-corrected chi connectivity index (χ2v) is 9.50. The number of carbonyl (C=O) groups excluding carboxylic acids is 1. The fourth-order valence-electron chi connectivity index (χ4n) is 6.02. The molecule has 3 fully saturated rings. The van der Waals surface area contributed by atoms with E-state index >= 15 is 0 Å². The number of aryl methyl sites for hydroxylation is 1. The first-order chi connectivity index (χ1) is 15.1. The van der Waals surface area contributed by atoms with E-state index in [1.807, 2.05) is 0 Å². The molecule has 2 aliphatic heterocycles. The van der Waals surface area contributed by atoms with Crippen molar-refractivity contribution in [2.45, 2.75) is 62.9 Å². The van der Waals surface area contributed by atoms with E-state index in [1.165, 1.54) is 48.9 Å². The molecular weight excluding hydrogens is 389 g/mol. The summed E-state index contributed by atoms with van der Waals surface area (Å²) in [6.07, 6.45) is 6.70. The third kappa shape index (κ3) is 3.73. The Hall–Kier alpha value is -2.40. The van der Waals surface area contributed by atoms with Crippen molar-refractivity contribution in [3.05, 3.63) is 65.5 Å². The van der Waals surface area contributed by atoms with E-state index < -0.39 is 5.54 Å². The molecule has 5 rings (SSSR count). The summed E-state index contributed by atoms with van der Waals surface area (Å²) in [5.41, 5.74) is 3.18. The summed E-state index contributed by atoms with van der Waals surface area (Å²) in [5.74, 6) is 0.453. The monoisotopic (exact) mass is 421 g/mol. The van der Waals surface area contributed by atoms with Gasteiger partial charge in [0.25, 0.3) is 0 Å². The third-order valence-corrected chi connectivity index (χ3v) is 7.80. The second kappa shape index (κ2) is 8.27. The molecule has 0 aromatic heterocycles. The molecule has 2 aromatic rings. The Kier molecular flexibility index (Phi) is 5.47. The average molecular weight is 422 g/mol. The topological polar surface area (TPSA) is 35.6 Å². The highest BCUT2D eigenvalue weighted by molar-refractivity contribution is 5.93. The van der Waals surface area contributed by atoms with E-state index in [4.69, 9.17) is 0 Å². The lowest BCUT2D eigenvalue weighted by Crippen LogP contribution is -2.58. The SMILES string of the molecule is Cc1ccc(C2CCCCC2N2CCC3(CC2)C(=O)NCN3c2ccc(F)cc2)cc1. The quantitative estimate of drug-likeness (QED) is 0.787. The Bertz CT molecular complexity index is 919. The highest BCUT2D eigenvalue weighted by atomic mass is 19.1. The molecule has 2 saturated heterocycles. The first kappa shape index (κ1) is 20.5. The van der Waals surface area contributed by atoms with Gasteiger partial charge in [0.2, 0.25) is 5.91 Å². The smallest absolute Gasteiger partial charge is 0.247 e. The van der Waals surface area contributed by atoms with Gasteiger partial charge in [-0.2, -0.15) is 0 Å². The van der Waals surface area contributed by atoms with Crippen LogP contribution in [0.3, 0.4) is 0 Å². The number of anilines is 1. The molecule has 4 nitrogen and oxygen atoms in total. The lowest BCUT2D eigenvalue weighted by Gasteiger charge is -2.48. The van der Waals surface area contributed by atoms with Gasteiger partial charge in [-0.3, -0.25) is 9.69 Å². The number of likely N-dealkylation sites (tertiary alicyclic amines) is 1. The molecule has 1 spiro atoms. The summed E-state index contributed by atoms with van der Waals surface area (Å²) in [4.78, 5) is 17.8. The fraction of sp³-hybridized carbons (Fsp3) is 0.500. The van der Waals surface area contributed by atoms with E-state index in [0.29, 0.717) is 18.6 Å². The molecule has 164 valence electrons. The Morgan fingerprint density at radius 1 is 0.968 bits per heavy atom. The van der Waals surface area contributed by atoms with E-state index in [-0.39, 0.29) is 11.7 Å². The molecule has 1 amide bonds. The number of carbonyl (C=O) groups is 1. The van der Waals surface area contributed by atoms with Gasteiger partial charge in [0.1, 0.15) is 11.4 Å². The molecule has 31 heavy (non-hydrogen) atoms. The molecule has 2 atom stereocenters. The first-order valence-electron chi connectivity index (χ1n) is 11.7. The zero-order valence-corrected chi connectivity index (χ0v) is 18.3. The van der Waals surface area contributed by atoms with Crippen molar-refractivity contribution in [1.82, 2.24) is 10.2 Å². The van der Waals surface area contributed by atoms with Crippen LogP contribution in [0.1, 0.15) is 55.6 Å². The summed E-state index contributed by atoms with van der Waals surface area (Å²) in [5, 5.41) is 3.05. The summed E-state index contributed by atoms with van der Waals surface area (Å²) in [6, 6.07) is 16.2. The van der Waals surface area contributed by atoms with Gasteiger partial charge in [0.15, 0.2) is 0 Å². The number of nitrogens with zero attached hydrogens (tertiary/aromatic N) is 2. The van der Waals surface area contributed by atoms with Crippen molar-refractivity contribution in [2.24, 2.45) is 0 Å². The predicted molar refractivity (Wildman–Crippen MR) is 122 cm³/mol. The van der Waals surface area contributed by atoms with Crippen LogP contribution < -0.4 is 10.2 Å². The second-order valence-electron chi connectivity index (χ2n) is 9.50. The highest BCUT2D eigenvalue weighted by Crippen LogP contribution is 2.41. The lowest BCUT2D eigenvalue weighted by atomic mass is 9.77. The predicted octanol–water partition coefficient (Wildman–Crippen LogP) is 4.59. The fourth-order valence-corrected chi connectivity index (χ4v) is 6.02. The average Bonchev–Trinajstić information content (AvgIpc) is 3.11. The standard InChI is InChI=1S/C26H32FN3O/c1-19-6-8-20(9-7-19)23-4-2-3-5-24(23)29-16-14-26(15-17-29)25(31)28-18-30(26)22-12-10-21(27)11-13-22/h6-13,23-24H,2-5,14-18H2,1H3,(H,28,31). The minimum absolute atomic E-state index is 0.121. The molecule has 0 radical (unpaired) electrons. The van der Waals surface area contributed by atoms with E-state index in [9.17, 15) is 9.18 Å². The molecule has 1 N–H and O–H groups in total. The number of amides is 1. The lowest BCUT2D eigenvalue weighted by molar-refractivity contribution is -0.125. The Morgan fingerprint density at radius 3 is 2.35 bits per heavy atom. The van der Waals surface area contributed by atoms with Crippen molar-refractivity contribution < 1.29 is 9.18 Å². The van der Waals surface area contributed by atoms with Crippen LogP contribution in [0.15, 0.2) is 48.5 Å². The van der Waals surface area contributed by atoms with Crippen LogP contribution in [-0.2, 0) is 4.79 Å². The Balaban J connectivity index is 1.34. The van der Waals surface area contributed by atoms with Crippen LogP contribution in [0.2, 0.25) is 0 Å². The molecule has 3 aliphatic rings. The zero-order chi connectivity index (χ0) is 21.4. The largest absolute Gasteiger partial charge is 0.339 e. The minimum atomic E-state index is -0.512. The van der Waals surface area contributed by atoms with Gasteiger partial charge in [-0.05, 0) is 68.4 Å². The van der Waals surface area contributed by atoms with Crippen LogP contribution in [0.4, 0.5) is 10.1 Å². The number of rotatable bonds is 3. The molecule has 5 heteroatoms. The van der Waals surface area contributed by atoms with Crippen molar-refractivity contribution in [3.63, 3.8) is 0 Å². The summed E-state index contributed by atoms with van der Waals surface area (Å²) >= 11 is 0. The molecule has 2 aromatic carbocycles. The van der Waals surface area contributed by atoms with Gasteiger partial charge in [0.05, 0.1) is 6.67 Å². The molecule has 1 aliphatic carbocycles. The van der Waals surface area contributed by atoms with Crippen LogP contribution in [0.25, 0.3) is 0 Å². The maximum absolute atomic E-state index is 13.4. The number of benzene rings is 2.